The van der Waals surface area contributed by atoms with E-state index >= 15 is 0 Å². The second-order valence-electron chi connectivity index (χ2n) is 5.68. The molecule has 116 valence electrons. The molecule has 0 heterocycles. The van der Waals surface area contributed by atoms with Crippen molar-refractivity contribution in [3.05, 3.63) is 29.8 Å². The minimum atomic E-state index is -1.07. The van der Waals surface area contributed by atoms with Crippen molar-refractivity contribution in [1.29, 1.82) is 0 Å². The maximum absolute atomic E-state index is 11.5. The van der Waals surface area contributed by atoms with Crippen LogP contribution in [0.1, 0.15) is 39.7 Å². The van der Waals surface area contributed by atoms with Gasteiger partial charge >= 0.3 is 5.97 Å². The fraction of sp³-hybridized carbons (Fsp3) is 0.500. The van der Waals surface area contributed by atoms with Crippen molar-refractivity contribution >= 4 is 11.9 Å². The summed E-state index contributed by atoms with van der Waals surface area (Å²) >= 11 is 0. The monoisotopic (exact) mass is 293 g/mol. The molecule has 0 spiro atoms. The molecule has 0 saturated carbocycles. The molecule has 0 fully saturated rings. The lowest BCUT2D eigenvalue weighted by Crippen LogP contribution is -2.40. The predicted octanol–water partition coefficient (Wildman–Crippen LogP) is 2.34. The largest absolute Gasteiger partial charge is 0.484 e. The molecule has 0 bridgehead atoms. The maximum Gasteiger partial charge on any atom is 0.325 e. The Labute approximate surface area is 125 Å². The smallest absolute Gasteiger partial charge is 0.325 e. The molecule has 1 rings (SSSR count). The summed E-state index contributed by atoms with van der Waals surface area (Å²) in [5.41, 5.74) is 1.31. The maximum atomic E-state index is 11.5. The Morgan fingerprint density at radius 2 is 1.86 bits per heavy atom. The summed E-state index contributed by atoms with van der Waals surface area (Å²) in [6.45, 7) is 7.68. The van der Waals surface area contributed by atoms with Crippen molar-refractivity contribution in [3.63, 3.8) is 0 Å². The van der Waals surface area contributed by atoms with Crippen molar-refractivity contribution in [2.45, 2.75) is 45.6 Å². The summed E-state index contributed by atoms with van der Waals surface area (Å²) in [5.74, 6) is -0.943. The Morgan fingerprint density at radius 3 is 2.33 bits per heavy atom. The van der Waals surface area contributed by atoms with E-state index in [0.29, 0.717) is 5.75 Å². The van der Waals surface area contributed by atoms with Crippen molar-refractivity contribution in [1.82, 2.24) is 5.32 Å². The first-order valence-electron chi connectivity index (χ1n) is 7.01. The molecule has 0 saturated heterocycles. The third kappa shape index (κ3) is 5.10. The lowest BCUT2D eigenvalue weighted by Gasteiger charge is -2.23. The van der Waals surface area contributed by atoms with Crippen molar-refractivity contribution in [2.24, 2.45) is 0 Å². The summed E-state index contributed by atoms with van der Waals surface area (Å²) in [7, 11) is 0. The van der Waals surface area contributed by atoms with E-state index in [0.717, 1.165) is 6.42 Å². The van der Waals surface area contributed by atoms with Gasteiger partial charge < -0.3 is 15.2 Å². The normalized spacial score (nSPS) is 12.6. The van der Waals surface area contributed by atoms with Crippen molar-refractivity contribution in [2.75, 3.05) is 6.61 Å². The van der Waals surface area contributed by atoms with Gasteiger partial charge in [-0.3, -0.25) is 9.59 Å². The Balaban J connectivity index is 2.53. The molecule has 1 aromatic rings. The van der Waals surface area contributed by atoms with E-state index in [9.17, 15) is 9.59 Å². The number of hydrogen-bond acceptors (Lipinski definition) is 3. The highest BCUT2D eigenvalue weighted by Gasteiger charge is 2.18. The van der Waals surface area contributed by atoms with Crippen LogP contribution in [0, 0.1) is 0 Å². The van der Waals surface area contributed by atoms with Gasteiger partial charge in [0.05, 0.1) is 0 Å². The number of carbonyl (C=O) groups excluding carboxylic acids is 1. The summed E-state index contributed by atoms with van der Waals surface area (Å²) in [5, 5.41) is 11.0. The minimum absolute atomic E-state index is 0.104. The van der Waals surface area contributed by atoms with E-state index in [2.05, 4.69) is 26.1 Å². The molecule has 1 unspecified atom stereocenters. The molecule has 0 aromatic heterocycles. The molecule has 0 aliphatic heterocycles. The molecule has 5 nitrogen and oxygen atoms in total. The second-order valence-corrected chi connectivity index (χ2v) is 5.68. The Morgan fingerprint density at radius 1 is 1.29 bits per heavy atom. The standard InChI is InChI=1S/C16H23NO4/c1-5-16(3,4)12-6-8-13(9-7-12)21-10-14(18)17-11(2)15(19)20/h6-9,11H,5,10H2,1-4H3,(H,17,18)(H,19,20). The number of carboxylic acid groups (broad SMARTS) is 1. The number of nitrogens with one attached hydrogen (secondary N) is 1. The van der Waals surface area contributed by atoms with Gasteiger partial charge in [-0.2, -0.15) is 0 Å². The van der Waals surface area contributed by atoms with Gasteiger partial charge in [0.25, 0.3) is 5.91 Å². The average Bonchev–Trinajstić information content (AvgIpc) is 2.45. The van der Waals surface area contributed by atoms with Gasteiger partial charge in [0.15, 0.2) is 6.61 Å². The number of hydrogen-bond donors (Lipinski definition) is 2. The molecule has 2 N–H and O–H groups in total. The molecule has 0 aliphatic carbocycles. The summed E-state index contributed by atoms with van der Waals surface area (Å²) in [6.07, 6.45) is 1.03. The average molecular weight is 293 g/mol. The Kier molecular flexibility index (Phi) is 5.76. The number of carboxylic acids is 1. The third-order valence-corrected chi connectivity index (χ3v) is 3.64. The molecule has 0 radical (unpaired) electrons. The van der Waals surface area contributed by atoms with Gasteiger partial charge in [-0.1, -0.05) is 32.9 Å². The van der Waals surface area contributed by atoms with Crippen LogP contribution < -0.4 is 10.1 Å². The van der Waals surface area contributed by atoms with Crippen LogP contribution in [-0.4, -0.2) is 29.6 Å². The van der Waals surface area contributed by atoms with Crippen LogP contribution in [0.2, 0.25) is 0 Å². The van der Waals surface area contributed by atoms with E-state index in [1.165, 1.54) is 12.5 Å². The second kappa shape index (κ2) is 7.11. The van der Waals surface area contributed by atoms with Gasteiger partial charge in [-0.25, -0.2) is 0 Å². The number of carbonyl (C=O) groups is 2. The van der Waals surface area contributed by atoms with Gasteiger partial charge in [0, 0.05) is 0 Å². The topological polar surface area (TPSA) is 75.6 Å². The molecule has 0 aliphatic rings. The highest BCUT2D eigenvalue weighted by atomic mass is 16.5. The quantitative estimate of drug-likeness (QED) is 0.809. The van der Waals surface area contributed by atoms with Gasteiger partial charge in [0.1, 0.15) is 11.8 Å². The predicted molar refractivity (Wildman–Crippen MR) is 80.5 cm³/mol. The third-order valence-electron chi connectivity index (χ3n) is 3.64. The Bertz CT molecular complexity index is 494. The van der Waals surface area contributed by atoms with E-state index in [1.54, 1.807) is 0 Å². The van der Waals surface area contributed by atoms with Crippen molar-refractivity contribution in [3.8, 4) is 5.75 Å². The van der Waals surface area contributed by atoms with Crippen LogP contribution >= 0.6 is 0 Å². The molecule has 21 heavy (non-hydrogen) atoms. The van der Waals surface area contributed by atoms with Crippen LogP contribution in [0.5, 0.6) is 5.75 Å². The fourth-order valence-corrected chi connectivity index (χ4v) is 1.70. The van der Waals surface area contributed by atoms with E-state index in [4.69, 9.17) is 9.84 Å². The Hall–Kier alpha value is -2.04. The molecule has 5 heteroatoms. The van der Waals surface area contributed by atoms with Crippen LogP contribution in [0.4, 0.5) is 0 Å². The molecular weight excluding hydrogens is 270 g/mol. The van der Waals surface area contributed by atoms with Gasteiger partial charge in [-0.05, 0) is 36.5 Å². The molecule has 1 amide bonds. The van der Waals surface area contributed by atoms with E-state index in [-0.39, 0.29) is 12.0 Å². The number of aliphatic carboxylic acids is 1. The first-order valence-corrected chi connectivity index (χ1v) is 7.01. The minimum Gasteiger partial charge on any atom is -0.484 e. The number of rotatable bonds is 7. The lowest BCUT2D eigenvalue weighted by molar-refractivity contribution is -0.141. The van der Waals surface area contributed by atoms with Crippen LogP contribution in [0.25, 0.3) is 0 Å². The highest BCUT2D eigenvalue weighted by molar-refractivity contribution is 5.84. The van der Waals surface area contributed by atoms with E-state index in [1.807, 2.05) is 24.3 Å². The van der Waals surface area contributed by atoms with Crippen molar-refractivity contribution < 1.29 is 19.4 Å². The zero-order chi connectivity index (χ0) is 16.0. The zero-order valence-electron chi connectivity index (χ0n) is 13.0. The first kappa shape index (κ1) is 17.0. The lowest BCUT2D eigenvalue weighted by atomic mass is 9.82. The number of amides is 1. The molecular formula is C16H23NO4. The van der Waals surface area contributed by atoms with Crippen LogP contribution in [0.3, 0.4) is 0 Å². The zero-order valence-corrected chi connectivity index (χ0v) is 13.0. The first-order chi connectivity index (χ1) is 9.76. The highest BCUT2D eigenvalue weighted by Crippen LogP contribution is 2.27. The fourth-order valence-electron chi connectivity index (χ4n) is 1.70. The summed E-state index contributed by atoms with van der Waals surface area (Å²) < 4.78 is 5.34. The van der Waals surface area contributed by atoms with Crippen LogP contribution in [-0.2, 0) is 15.0 Å². The van der Waals surface area contributed by atoms with Crippen LogP contribution in [0.15, 0.2) is 24.3 Å². The SMILES string of the molecule is CCC(C)(C)c1ccc(OCC(=O)NC(C)C(=O)O)cc1. The number of ether oxygens (including phenoxy) is 1. The summed E-state index contributed by atoms with van der Waals surface area (Å²) in [4.78, 5) is 22.1. The van der Waals surface area contributed by atoms with Gasteiger partial charge in [-0.15, -0.1) is 0 Å². The molecule has 1 atom stereocenters. The molecule has 1 aromatic carbocycles. The summed E-state index contributed by atoms with van der Waals surface area (Å²) in [6, 6.07) is 6.68. The number of benzene rings is 1. The van der Waals surface area contributed by atoms with Gasteiger partial charge in [0.2, 0.25) is 0 Å². The van der Waals surface area contributed by atoms with E-state index < -0.39 is 17.9 Å².